The number of hydrogen-bond donors (Lipinski definition) is 1. The van der Waals surface area contributed by atoms with E-state index in [1.807, 2.05) is 22.2 Å². The maximum Gasteiger partial charge on any atom is 0.193 e. The van der Waals surface area contributed by atoms with E-state index in [1.54, 1.807) is 11.3 Å². The first-order valence-corrected chi connectivity index (χ1v) is 5.82. The van der Waals surface area contributed by atoms with Crippen molar-refractivity contribution in [2.24, 2.45) is 0 Å². The van der Waals surface area contributed by atoms with E-state index in [0.717, 1.165) is 23.6 Å². The third-order valence-electron chi connectivity index (χ3n) is 2.28. The van der Waals surface area contributed by atoms with Crippen molar-refractivity contribution >= 4 is 16.3 Å². The molecule has 0 saturated carbocycles. The average Bonchev–Trinajstić information content (AvgIpc) is 2.79. The quantitative estimate of drug-likeness (QED) is 0.796. The van der Waals surface area contributed by atoms with Crippen LogP contribution in [0, 0.1) is 12.3 Å². The van der Waals surface area contributed by atoms with E-state index in [-0.39, 0.29) is 6.04 Å². The Hall–Kier alpha value is -1.31. The van der Waals surface area contributed by atoms with Gasteiger partial charge in [0, 0.05) is 24.3 Å². The van der Waals surface area contributed by atoms with Gasteiger partial charge in [0.05, 0.1) is 11.7 Å². The highest BCUT2D eigenvalue weighted by molar-refractivity contribution is 7.15. The van der Waals surface area contributed by atoms with Crippen molar-refractivity contribution in [2.75, 3.05) is 0 Å². The standard InChI is InChI=1S/C11H13N3S/c1-3-9(4-2)12-7-10-8-14-5-6-15-11(14)13-10/h1,5-6,8-9,12H,4,7H2,2H3. The number of aromatic nitrogens is 2. The fraction of sp³-hybridized carbons (Fsp3) is 0.364. The van der Waals surface area contributed by atoms with Crippen LogP contribution in [0.3, 0.4) is 0 Å². The summed E-state index contributed by atoms with van der Waals surface area (Å²) in [7, 11) is 0. The molecule has 15 heavy (non-hydrogen) atoms. The first-order chi connectivity index (χ1) is 7.33. The highest BCUT2D eigenvalue weighted by atomic mass is 32.1. The van der Waals surface area contributed by atoms with Crippen LogP contribution in [0.15, 0.2) is 17.8 Å². The van der Waals surface area contributed by atoms with E-state index in [9.17, 15) is 0 Å². The van der Waals surface area contributed by atoms with Gasteiger partial charge in [-0.05, 0) is 6.42 Å². The minimum Gasteiger partial charge on any atom is -0.298 e. The predicted molar refractivity (Wildman–Crippen MR) is 62.8 cm³/mol. The summed E-state index contributed by atoms with van der Waals surface area (Å²) in [6.07, 6.45) is 10.3. The fourth-order valence-corrected chi connectivity index (χ4v) is 2.13. The van der Waals surface area contributed by atoms with Gasteiger partial charge in [-0.1, -0.05) is 12.8 Å². The van der Waals surface area contributed by atoms with Gasteiger partial charge >= 0.3 is 0 Å². The Balaban J connectivity index is 2.01. The maximum atomic E-state index is 5.37. The Labute approximate surface area is 93.1 Å². The minimum absolute atomic E-state index is 0.143. The lowest BCUT2D eigenvalue weighted by molar-refractivity contribution is 0.587. The van der Waals surface area contributed by atoms with Gasteiger partial charge in [-0.2, -0.15) is 0 Å². The zero-order valence-electron chi connectivity index (χ0n) is 8.60. The van der Waals surface area contributed by atoms with Crippen molar-refractivity contribution < 1.29 is 0 Å². The molecule has 0 saturated heterocycles. The molecule has 0 aliphatic rings. The second-order valence-corrected chi connectivity index (χ2v) is 4.21. The molecule has 0 spiro atoms. The number of nitrogens with one attached hydrogen (secondary N) is 1. The molecule has 1 atom stereocenters. The van der Waals surface area contributed by atoms with Gasteiger partial charge in [-0.3, -0.25) is 9.72 Å². The first-order valence-electron chi connectivity index (χ1n) is 4.94. The molecular weight excluding hydrogens is 206 g/mol. The lowest BCUT2D eigenvalue weighted by Crippen LogP contribution is -2.26. The third-order valence-corrected chi connectivity index (χ3v) is 3.05. The van der Waals surface area contributed by atoms with Gasteiger partial charge in [-0.15, -0.1) is 17.8 Å². The fourth-order valence-electron chi connectivity index (χ4n) is 1.41. The van der Waals surface area contributed by atoms with Crippen LogP contribution in [0.2, 0.25) is 0 Å². The topological polar surface area (TPSA) is 29.3 Å². The SMILES string of the molecule is C#CC(CC)NCc1cn2ccsc2n1. The van der Waals surface area contributed by atoms with Crippen LogP contribution < -0.4 is 5.32 Å². The van der Waals surface area contributed by atoms with E-state index in [4.69, 9.17) is 6.42 Å². The van der Waals surface area contributed by atoms with Crippen molar-refractivity contribution in [1.29, 1.82) is 0 Å². The van der Waals surface area contributed by atoms with E-state index < -0.39 is 0 Å². The molecule has 2 heterocycles. The summed E-state index contributed by atoms with van der Waals surface area (Å²) in [5.74, 6) is 2.71. The molecule has 2 aromatic heterocycles. The van der Waals surface area contributed by atoms with E-state index >= 15 is 0 Å². The zero-order valence-corrected chi connectivity index (χ0v) is 9.42. The molecule has 3 nitrogen and oxygen atoms in total. The molecule has 4 heteroatoms. The van der Waals surface area contributed by atoms with Crippen molar-refractivity contribution in [3.63, 3.8) is 0 Å². The highest BCUT2D eigenvalue weighted by Crippen LogP contribution is 2.11. The third kappa shape index (κ3) is 2.20. The van der Waals surface area contributed by atoms with Gasteiger partial charge in [-0.25, -0.2) is 4.98 Å². The van der Waals surface area contributed by atoms with Gasteiger partial charge in [0.15, 0.2) is 4.96 Å². The van der Waals surface area contributed by atoms with Crippen LogP contribution in [-0.4, -0.2) is 15.4 Å². The molecule has 0 aliphatic carbocycles. The van der Waals surface area contributed by atoms with E-state index in [0.29, 0.717) is 0 Å². The normalized spacial score (nSPS) is 12.8. The molecule has 0 aliphatic heterocycles. The van der Waals surface area contributed by atoms with Crippen LogP contribution in [0.1, 0.15) is 19.0 Å². The molecule has 0 aromatic carbocycles. The Bertz CT molecular complexity index is 449. The Morgan fingerprint density at radius 1 is 1.73 bits per heavy atom. The van der Waals surface area contributed by atoms with Gasteiger partial charge in [0.2, 0.25) is 0 Å². The van der Waals surface area contributed by atoms with E-state index in [1.165, 1.54) is 0 Å². The minimum atomic E-state index is 0.143. The van der Waals surface area contributed by atoms with E-state index in [2.05, 4.69) is 23.1 Å². The summed E-state index contributed by atoms with van der Waals surface area (Å²) >= 11 is 1.64. The molecule has 0 amide bonds. The lowest BCUT2D eigenvalue weighted by atomic mass is 10.2. The van der Waals surface area contributed by atoms with Crippen LogP contribution in [0.5, 0.6) is 0 Å². The summed E-state index contributed by atoms with van der Waals surface area (Å²) in [6.45, 7) is 2.81. The second-order valence-electron chi connectivity index (χ2n) is 3.33. The number of rotatable bonds is 4. The second kappa shape index (κ2) is 4.47. The van der Waals surface area contributed by atoms with Crippen LogP contribution in [0.25, 0.3) is 4.96 Å². The number of terminal acetylenes is 1. The molecule has 0 fully saturated rings. The number of imidazole rings is 1. The number of fused-ring (bicyclic) bond motifs is 1. The summed E-state index contributed by atoms with van der Waals surface area (Å²) < 4.78 is 2.03. The summed E-state index contributed by atoms with van der Waals surface area (Å²) in [6, 6.07) is 0.143. The number of thiazole rings is 1. The average molecular weight is 219 g/mol. The number of nitrogens with zero attached hydrogens (tertiary/aromatic N) is 2. The largest absolute Gasteiger partial charge is 0.298 e. The van der Waals surface area contributed by atoms with Crippen molar-refractivity contribution in [2.45, 2.75) is 25.9 Å². The summed E-state index contributed by atoms with van der Waals surface area (Å²) in [5.41, 5.74) is 1.04. The molecule has 2 rings (SSSR count). The number of hydrogen-bond acceptors (Lipinski definition) is 3. The Morgan fingerprint density at radius 3 is 3.27 bits per heavy atom. The lowest BCUT2D eigenvalue weighted by Gasteiger charge is -2.07. The van der Waals surface area contributed by atoms with Gasteiger partial charge in [0.1, 0.15) is 0 Å². The Morgan fingerprint density at radius 2 is 2.60 bits per heavy atom. The van der Waals surface area contributed by atoms with Gasteiger partial charge in [0.25, 0.3) is 0 Å². The summed E-state index contributed by atoms with van der Waals surface area (Å²) in [5, 5.41) is 5.30. The molecule has 1 unspecified atom stereocenters. The molecule has 2 aromatic rings. The van der Waals surface area contributed by atoms with Gasteiger partial charge < -0.3 is 0 Å². The van der Waals surface area contributed by atoms with Crippen molar-refractivity contribution in [3.05, 3.63) is 23.5 Å². The van der Waals surface area contributed by atoms with Crippen molar-refractivity contribution in [3.8, 4) is 12.3 Å². The van der Waals surface area contributed by atoms with Crippen LogP contribution >= 0.6 is 11.3 Å². The molecule has 0 radical (unpaired) electrons. The smallest absolute Gasteiger partial charge is 0.193 e. The monoisotopic (exact) mass is 219 g/mol. The zero-order chi connectivity index (χ0) is 10.7. The molecular formula is C11H13N3S. The first kappa shape index (κ1) is 10.2. The van der Waals surface area contributed by atoms with Crippen LogP contribution in [-0.2, 0) is 6.54 Å². The molecule has 78 valence electrons. The van der Waals surface area contributed by atoms with Crippen LogP contribution in [0.4, 0.5) is 0 Å². The maximum absolute atomic E-state index is 5.37. The molecule has 1 N–H and O–H groups in total. The predicted octanol–water partition coefficient (Wildman–Crippen LogP) is 1.90. The highest BCUT2D eigenvalue weighted by Gasteiger charge is 2.04. The van der Waals surface area contributed by atoms with Crippen molar-refractivity contribution in [1.82, 2.24) is 14.7 Å². The molecule has 0 bridgehead atoms. The Kier molecular flexibility index (Phi) is 3.05. The summed E-state index contributed by atoms with van der Waals surface area (Å²) in [4.78, 5) is 5.49.